The van der Waals surface area contributed by atoms with Crippen LogP contribution in [0.3, 0.4) is 0 Å². The van der Waals surface area contributed by atoms with Gasteiger partial charge in [0.1, 0.15) is 0 Å². The number of carbonyl (C=O) groups is 1. The van der Waals surface area contributed by atoms with Gasteiger partial charge in [0.05, 0.1) is 6.61 Å². The number of ether oxygens (including phenoxy) is 1. The lowest BCUT2D eigenvalue weighted by atomic mass is 10.4. The molecule has 0 aliphatic heterocycles. The van der Waals surface area contributed by atoms with Crippen LogP contribution < -0.4 is 0 Å². The molecule has 0 amide bonds. The lowest BCUT2D eigenvalue weighted by Gasteiger charge is -2.08. The standard InChI is InChI=1S/C7H10F3O4PS/c1-5(2)6(11)14-3-4-15-16(12,13)7(8,9)10/h15H,1,3-4H2,2H3. The average Bonchev–Trinajstić information content (AvgIpc) is 2.09. The van der Waals surface area contributed by atoms with Gasteiger partial charge in [-0.2, -0.15) is 13.2 Å². The minimum absolute atomic E-state index is 0.0991. The third-order valence-corrected chi connectivity index (χ3v) is 5.13. The van der Waals surface area contributed by atoms with Gasteiger partial charge in [0, 0.05) is 19.5 Å². The van der Waals surface area contributed by atoms with Crippen LogP contribution in [0.15, 0.2) is 12.2 Å². The van der Waals surface area contributed by atoms with Gasteiger partial charge in [0.25, 0.3) is 9.46 Å². The second-order valence-corrected chi connectivity index (χ2v) is 7.50. The minimum Gasteiger partial charge on any atom is -0.462 e. The Labute approximate surface area is 92.3 Å². The van der Waals surface area contributed by atoms with Gasteiger partial charge in [-0.3, -0.25) is 0 Å². The molecule has 0 heterocycles. The Morgan fingerprint density at radius 2 is 1.94 bits per heavy atom. The Morgan fingerprint density at radius 1 is 1.44 bits per heavy atom. The summed E-state index contributed by atoms with van der Waals surface area (Å²) in [5.41, 5.74) is -5.15. The SMILES string of the molecule is C=C(C)C(=O)OCCPS(=O)(=O)C(F)(F)F. The Balaban J connectivity index is 4.02. The molecule has 0 aromatic heterocycles. The molecule has 0 aliphatic carbocycles. The van der Waals surface area contributed by atoms with Crippen LogP contribution in [-0.2, 0) is 19.0 Å². The van der Waals surface area contributed by atoms with Crippen LogP contribution in [0.4, 0.5) is 13.2 Å². The second-order valence-electron chi connectivity index (χ2n) is 2.76. The molecule has 0 aromatic carbocycles. The van der Waals surface area contributed by atoms with Crippen LogP contribution in [0.25, 0.3) is 0 Å². The van der Waals surface area contributed by atoms with Crippen molar-refractivity contribution in [3.8, 4) is 0 Å². The maximum absolute atomic E-state index is 11.8. The zero-order valence-electron chi connectivity index (χ0n) is 8.30. The molecule has 0 aliphatic rings. The lowest BCUT2D eigenvalue weighted by Crippen LogP contribution is -2.19. The maximum atomic E-state index is 11.8. The third-order valence-electron chi connectivity index (χ3n) is 1.28. The fraction of sp³-hybridized carbons (Fsp3) is 0.571. The van der Waals surface area contributed by atoms with E-state index >= 15 is 0 Å². The summed E-state index contributed by atoms with van der Waals surface area (Å²) in [6, 6.07) is 0. The first-order valence-electron chi connectivity index (χ1n) is 3.96. The molecule has 0 spiro atoms. The molecule has 0 aromatic rings. The first-order valence-corrected chi connectivity index (χ1v) is 7.38. The fourth-order valence-corrected chi connectivity index (χ4v) is 2.69. The number of hydrogen-bond acceptors (Lipinski definition) is 4. The monoisotopic (exact) mass is 278 g/mol. The van der Waals surface area contributed by atoms with Crippen molar-refractivity contribution in [3.05, 3.63) is 12.2 Å². The molecule has 94 valence electrons. The molecule has 9 heteroatoms. The van der Waals surface area contributed by atoms with E-state index in [1.54, 1.807) is 0 Å². The summed E-state index contributed by atoms with van der Waals surface area (Å²) in [5, 5.41) is 0. The van der Waals surface area contributed by atoms with E-state index in [2.05, 4.69) is 11.3 Å². The molecule has 1 unspecified atom stereocenters. The zero-order chi connectivity index (χ0) is 13.0. The van der Waals surface area contributed by atoms with E-state index in [1.165, 1.54) is 6.92 Å². The van der Waals surface area contributed by atoms with Crippen molar-refractivity contribution in [1.82, 2.24) is 0 Å². The van der Waals surface area contributed by atoms with Crippen LogP contribution in [0.2, 0.25) is 0 Å². The Kier molecular flexibility index (Phi) is 5.41. The van der Waals surface area contributed by atoms with Crippen molar-refractivity contribution >= 4 is 23.2 Å². The summed E-state index contributed by atoms with van der Waals surface area (Å²) in [4.78, 5) is 10.8. The van der Waals surface area contributed by atoms with Crippen LogP contribution in [0.5, 0.6) is 0 Å². The number of alkyl halides is 3. The predicted molar refractivity (Wildman–Crippen MR) is 53.9 cm³/mol. The van der Waals surface area contributed by atoms with Gasteiger partial charge in [-0.25, -0.2) is 13.2 Å². The van der Waals surface area contributed by atoms with Gasteiger partial charge in [0.15, 0.2) is 0 Å². The number of esters is 1. The van der Waals surface area contributed by atoms with Crippen molar-refractivity contribution in [2.75, 3.05) is 12.8 Å². The zero-order valence-corrected chi connectivity index (χ0v) is 10.1. The van der Waals surface area contributed by atoms with Crippen molar-refractivity contribution < 1.29 is 31.1 Å². The van der Waals surface area contributed by atoms with E-state index in [0.29, 0.717) is 0 Å². The summed E-state index contributed by atoms with van der Waals surface area (Å²) >= 11 is 0. The highest BCUT2D eigenvalue weighted by atomic mass is 32.8. The van der Waals surface area contributed by atoms with E-state index in [9.17, 15) is 26.4 Å². The summed E-state index contributed by atoms with van der Waals surface area (Å²) < 4.78 is 61.1. The largest absolute Gasteiger partial charge is 0.500 e. The van der Waals surface area contributed by atoms with Gasteiger partial charge in [0.2, 0.25) is 0 Å². The lowest BCUT2D eigenvalue weighted by molar-refractivity contribution is -0.138. The number of halogens is 3. The van der Waals surface area contributed by atoms with Crippen LogP contribution in [0, 0.1) is 0 Å². The van der Waals surface area contributed by atoms with Gasteiger partial charge < -0.3 is 4.74 Å². The summed E-state index contributed by atoms with van der Waals surface area (Å²) in [6.45, 7) is 4.25. The molecule has 4 nitrogen and oxygen atoms in total. The highest BCUT2D eigenvalue weighted by Gasteiger charge is 2.44. The first-order chi connectivity index (χ1) is 7.08. The molecule has 1 atom stereocenters. The van der Waals surface area contributed by atoms with Crippen molar-refractivity contribution in [3.63, 3.8) is 0 Å². The molecule has 0 saturated heterocycles. The van der Waals surface area contributed by atoms with Crippen LogP contribution in [0.1, 0.15) is 6.92 Å². The van der Waals surface area contributed by atoms with Crippen molar-refractivity contribution in [2.45, 2.75) is 12.4 Å². The highest BCUT2D eigenvalue weighted by Crippen LogP contribution is 2.36. The van der Waals surface area contributed by atoms with Crippen molar-refractivity contribution in [2.24, 2.45) is 0 Å². The minimum atomic E-state index is -5.25. The molecular weight excluding hydrogens is 268 g/mol. The maximum Gasteiger partial charge on any atom is 0.500 e. The smallest absolute Gasteiger partial charge is 0.462 e. The van der Waals surface area contributed by atoms with Gasteiger partial charge in [-0.05, 0) is 6.92 Å². The summed E-state index contributed by atoms with van der Waals surface area (Å²) in [6.07, 6.45) is -0.374. The number of hydrogen-bond donors (Lipinski definition) is 0. The summed E-state index contributed by atoms with van der Waals surface area (Å²) in [7, 11) is -6.46. The molecule has 0 radical (unpaired) electrons. The molecule has 0 fully saturated rings. The van der Waals surface area contributed by atoms with Crippen molar-refractivity contribution in [1.29, 1.82) is 0 Å². The normalized spacial score (nSPS) is 13.0. The molecular formula is C7H10F3O4PS. The second kappa shape index (κ2) is 5.63. The van der Waals surface area contributed by atoms with E-state index in [4.69, 9.17) is 0 Å². The fourth-order valence-electron chi connectivity index (χ4n) is 0.525. The van der Waals surface area contributed by atoms with E-state index in [0.717, 1.165) is 0 Å². The molecule has 0 bridgehead atoms. The topological polar surface area (TPSA) is 60.4 Å². The number of carbonyl (C=O) groups excluding carboxylic acids is 1. The van der Waals surface area contributed by atoms with E-state index in [1.807, 2.05) is 0 Å². The summed E-state index contributed by atoms with van der Waals surface area (Å²) in [5.74, 6) is -0.755. The Morgan fingerprint density at radius 3 is 2.31 bits per heavy atom. The molecule has 16 heavy (non-hydrogen) atoms. The Hall–Kier alpha value is -0.620. The molecule has 0 N–H and O–H groups in total. The van der Waals surface area contributed by atoms with Gasteiger partial charge in [-0.15, -0.1) is 0 Å². The van der Waals surface area contributed by atoms with E-state index in [-0.39, 0.29) is 18.3 Å². The molecule has 0 rings (SSSR count). The van der Waals surface area contributed by atoms with Crippen LogP contribution >= 0.6 is 7.78 Å². The third kappa shape index (κ3) is 4.94. The van der Waals surface area contributed by atoms with Gasteiger partial charge >= 0.3 is 11.5 Å². The van der Waals surface area contributed by atoms with Gasteiger partial charge in [-0.1, -0.05) is 6.58 Å². The Bertz CT molecular complexity index is 374. The molecule has 0 saturated carbocycles. The van der Waals surface area contributed by atoms with E-state index < -0.39 is 28.7 Å². The number of rotatable bonds is 5. The highest BCUT2D eigenvalue weighted by molar-refractivity contribution is 8.44. The van der Waals surface area contributed by atoms with Crippen LogP contribution in [-0.4, -0.2) is 32.7 Å². The quantitative estimate of drug-likeness (QED) is 0.332. The average molecular weight is 278 g/mol. The predicted octanol–water partition coefficient (Wildman–Crippen LogP) is 1.63. The first kappa shape index (κ1) is 15.4.